The number of hydrogen-bond donors (Lipinski definition) is 0. The molecule has 5 nitrogen and oxygen atoms in total. The molecule has 0 aromatic carbocycles. The van der Waals surface area contributed by atoms with E-state index in [1.807, 2.05) is 13.8 Å². The number of hydrogen-bond acceptors (Lipinski definition) is 3. The Balaban J connectivity index is 1.62. The van der Waals surface area contributed by atoms with Crippen LogP contribution in [0.1, 0.15) is 52.4 Å². The lowest BCUT2D eigenvalue weighted by Crippen LogP contribution is -2.62. The molecule has 6 unspecified atom stereocenters. The molecule has 166 valence electrons. The third-order valence-electron chi connectivity index (χ3n) is 6.89. The predicted octanol–water partition coefficient (Wildman–Crippen LogP) is 3.33. The van der Waals surface area contributed by atoms with Crippen molar-refractivity contribution in [2.75, 3.05) is 20.2 Å². The van der Waals surface area contributed by atoms with E-state index in [4.69, 9.17) is 16.3 Å². The number of alkyl halides is 3. The van der Waals surface area contributed by atoms with Gasteiger partial charge in [0, 0.05) is 44.1 Å². The molecule has 0 aromatic rings. The van der Waals surface area contributed by atoms with Gasteiger partial charge in [-0.1, -0.05) is 0 Å². The van der Waals surface area contributed by atoms with Gasteiger partial charge < -0.3 is 14.5 Å². The average molecular weight is 435 g/mol. The van der Waals surface area contributed by atoms with Crippen LogP contribution in [-0.2, 0) is 14.3 Å². The van der Waals surface area contributed by atoms with Crippen molar-refractivity contribution in [3.8, 4) is 0 Å². The molecule has 1 saturated heterocycles. The normalized spacial score (nSPS) is 41.3. The Bertz CT molecular complexity index is 598. The fraction of sp³-hybridized carbons (Fsp3) is 0.905. The Hall–Kier alpha value is -0.950. The molecule has 29 heavy (non-hydrogen) atoms. The van der Waals surface area contributed by atoms with Crippen LogP contribution in [0.5, 0.6) is 0 Å². The van der Waals surface area contributed by atoms with Crippen LogP contribution in [0.4, 0.5) is 8.78 Å². The van der Waals surface area contributed by atoms with E-state index in [0.29, 0.717) is 38.8 Å². The highest BCUT2D eigenvalue weighted by molar-refractivity contribution is 6.20. The van der Waals surface area contributed by atoms with Crippen molar-refractivity contribution in [1.82, 2.24) is 9.80 Å². The number of rotatable bonds is 3. The summed E-state index contributed by atoms with van der Waals surface area (Å²) in [6, 6.07) is -0.464. The van der Waals surface area contributed by atoms with E-state index in [2.05, 4.69) is 0 Å². The standard InChI is InChI=1S/C21H33ClF2N2O3/c1-12-10-25(20(27)16-7-5-15(29-3)9-19(16)24)11-13(2)26(12)21(28)17-6-4-14(22)8-18(17)23/h12-19H,4-11H2,1-3H3/t12-,13-,14?,15?,16?,17?,18?,19?/m1/s1. The molecule has 0 radical (unpaired) electrons. The van der Waals surface area contributed by atoms with Crippen LogP contribution in [0.2, 0.25) is 0 Å². The molecule has 3 aliphatic rings. The van der Waals surface area contributed by atoms with Crippen molar-refractivity contribution in [3.05, 3.63) is 0 Å². The van der Waals surface area contributed by atoms with E-state index >= 15 is 0 Å². The fourth-order valence-corrected chi connectivity index (χ4v) is 5.58. The molecular formula is C21H33ClF2N2O3. The summed E-state index contributed by atoms with van der Waals surface area (Å²) in [7, 11) is 1.57. The minimum absolute atomic E-state index is 0.127. The lowest BCUT2D eigenvalue weighted by molar-refractivity contribution is -0.155. The van der Waals surface area contributed by atoms with Crippen LogP contribution in [0.25, 0.3) is 0 Å². The number of nitrogens with zero attached hydrogens (tertiary/aromatic N) is 2. The van der Waals surface area contributed by atoms with Crippen molar-refractivity contribution in [2.24, 2.45) is 11.8 Å². The minimum Gasteiger partial charge on any atom is -0.381 e. The quantitative estimate of drug-likeness (QED) is 0.640. The number of carbonyl (C=O) groups excluding carboxylic acids is 2. The lowest BCUT2D eigenvalue weighted by Gasteiger charge is -2.47. The van der Waals surface area contributed by atoms with E-state index in [-0.39, 0.29) is 48.2 Å². The van der Waals surface area contributed by atoms with E-state index in [0.717, 1.165) is 0 Å². The van der Waals surface area contributed by atoms with Gasteiger partial charge in [-0.05, 0) is 46.0 Å². The molecular weight excluding hydrogens is 402 g/mol. The van der Waals surface area contributed by atoms with Gasteiger partial charge in [-0.3, -0.25) is 9.59 Å². The Morgan fingerprint density at radius 1 is 0.897 bits per heavy atom. The molecule has 1 heterocycles. The van der Waals surface area contributed by atoms with Crippen molar-refractivity contribution < 1.29 is 23.1 Å². The van der Waals surface area contributed by atoms with Gasteiger partial charge in [-0.2, -0.15) is 0 Å². The zero-order chi connectivity index (χ0) is 21.3. The molecule has 3 rings (SSSR count). The Labute approximate surface area is 177 Å². The van der Waals surface area contributed by atoms with Crippen LogP contribution in [0.15, 0.2) is 0 Å². The summed E-state index contributed by atoms with van der Waals surface area (Å²) in [5.41, 5.74) is 0. The summed E-state index contributed by atoms with van der Waals surface area (Å²) in [4.78, 5) is 29.5. The SMILES string of the molecule is COC1CCC(C(=O)N2C[C@@H](C)N(C(=O)C3CCC(Cl)CC3F)[C@H](C)C2)C(F)C1. The maximum atomic E-state index is 14.6. The molecule has 8 atom stereocenters. The molecule has 1 aliphatic heterocycles. The Kier molecular flexibility index (Phi) is 7.41. The number of methoxy groups -OCH3 is 1. The highest BCUT2D eigenvalue weighted by Gasteiger charge is 2.44. The van der Waals surface area contributed by atoms with Crippen LogP contribution in [0.3, 0.4) is 0 Å². The van der Waals surface area contributed by atoms with Crippen LogP contribution in [0, 0.1) is 11.8 Å². The van der Waals surface area contributed by atoms with Crippen LogP contribution >= 0.6 is 11.6 Å². The zero-order valence-corrected chi connectivity index (χ0v) is 18.3. The molecule has 0 aromatic heterocycles. The minimum atomic E-state index is -1.22. The molecule has 0 bridgehead atoms. The molecule has 0 spiro atoms. The van der Waals surface area contributed by atoms with Crippen molar-refractivity contribution >= 4 is 23.4 Å². The lowest BCUT2D eigenvalue weighted by atomic mass is 9.84. The Morgan fingerprint density at radius 2 is 1.45 bits per heavy atom. The van der Waals surface area contributed by atoms with Crippen LogP contribution < -0.4 is 0 Å². The van der Waals surface area contributed by atoms with Crippen molar-refractivity contribution in [2.45, 2.75) is 88.3 Å². The first-order valence-electron chi connectivity index (χ1n) is 10.8. The summed E-state index contributed by atoms with van der Waals surface area (Å²) in [6.07, 6.45) is 0.159. The van der Waals surface area contributed by atoms with Gasteiger partial charge in [0.25, 0.3) is 0 Å². The van der Waals surface area contributed by atoms with Gasteiger partial charge in [-0.25, -0.2) is 8.78 Å². The second-order valence-electron chi connectivity index (χ2n) is 9.01. The second kappa shape index (κ2) is 9.46. The smallest absolute Gasteiger partial charge is 0.229 e. The third kappa shape index (κ3) is 4.87. The largest absolute Gasteiger partial charge is 0.381 e. The zero-order valence-electron chi connectivity index (χ0n) is 17.5. The van der Waals surface area contributed by atoms with Gasteiger partial charge in [0.05, 0.1) is 17.9 Å². The van der Waals surface area contributed by atoms with Gasteiger partial charge in [0.15, 0.2) is 0 Å². The monoisotopic (exact) mass is 434 g/mol. The van der Waals surface area contributed by atoms with Crippen LogP contribution in [-0.4, -0.2) is 77.7 Å². The summed E-state index contributed by atoms with van der Waals surface area (Å²) in [5, 5.41) is -0.208. The molecule has 2 amide bonds. The summed E-state index contributed by atoms with van der Waals surface area (Å²) < 4.78 is 34.3. The maximum Gasteiger partial charge on any atom is 0.229 e. The van der Waals surface area contributed by atoms with Gasteiger partial charge in [0.1, 0.15) is 12.3 Å². The first kappa shape index (κ1) is 22.7. The maximum absolute atomic E-state index is 14.6. The molecule has 3 fully saturated rings. The summed E-state index contributed by atoms with van der Waals surface area (Å²) in [5.74, 6) is -1.66. The van der Waals surface area contributed by atoms with E-state index < -0.39 is 24.2 Å². The van der Waals surface area contributed by atoms with E-state index in [1.54, 1.807) is 16.9 Å². The number of amides is 2. The first-order valence-corrected chi connectivity index (χ1v) is 11.2. The summed E-state index contributed by atoms with van der Waals surface area (Å²) in [6.45, 7) is 4.47. The second-order valence-corrected chi connectivity index (χ2v) is 9.63. The molecule has 8 heteroatoms. The predicted molar refractivity (Wildman–Crippen MR) is 107 cm³/mol. The van der Waals surface area contributed by atoms with Gasteiger partial charge in [-0.15, -0.1) is 11.6 Å². The topological polar surface area (TPSA) is 49.9 Å². The number of halogens is 3. The third-order valence-corrected chi connectivity index (χ3v) is 7.28. The fourth-order valence-electron chi connectivity index (χ4n) is 5.28. The van der Waals surface area contributed by atoms with E-state index in [1.165, 1.54) is 0 Å². The van der Waals surface area contributed by atoms with E-state index in [9.17, 15) is 18.4 Å². The highest BCUT2D eigenvalue weighted by Crippen LogP contribution is 2.34. The van der Waals surface area contributed by atoms with Gasteiger partial charge >= 0.3 is 0 Å². The van der Waals surface area contributed by atoms with Crippen molar-refractivity contribution in [1.29, 1.82) is 0 Å². The Morgan fingerprint density at radius 3 is 2.00 bits per heavy atom. The number of piperazine rings is 1. The first-order chi connectivity index (χ1) is 13.7. The van der Waals surface area contributed by atoms with Gasteiger partial charge in [0.2, 0.25) is 11.8 Å². The highest BCUT2D eigenvalue weighted by atomic mass is 35.5. The van der Waals surface area contributed by atoms with Crippen molar-refractivity contribution in [3.63, 3.8) is 0 Å². The summed E-state index contributed by atoms with van der Waals surface area (Å²) >= 11 is 6.03. The molecule has 2 saturated carbocycles. The molecule has 2 aliphatic carbocycles. The number of carbonyl (C=O) groups is 2. The number of ether oxygens (including phenoxy) is 1. The molecule has 0 N–H and O–H groups in total. The average Bonchev–Trinajstić information content (AvgIpc) is 2.66.